The average Bonchev–Trinajstić information content (AvgIpc) is 2.34. The van der Waals surface area contributed by atoms with Gasteiger partial charge in [-0.1, -0.05) is 27.2 Å². The minimum atomic E-state index is -0.457. The Labute approximate surface area is 118 Å². The van der Waals surface area contributed by atoms with E-state index in [0.717, 1.165) is 25.8 Å². The number of ether oxygens (including phenoxy) is 1. The van der Waals surface area contributed by atoms with Crippen molar-refractivity contribution in [3.05, 3.63) is 0 Å². The van der Waals surface area contributed by atoms with Crippen LogP contribution in [0.4, 0.5) is 0 Å². The number of hydrogen-bond acceptors (Lipinski definition) is 4. The fourth-order valence-electron chi connectivity index (χ4n) is 2.15. The fraction of sp³-hybridized carbons (Fsp3) is 1.00. The van der Waals surface area contributed by atoms with E-state index in [1.807, 2.05) is 0 Å². The van der Waals surface area contributed by atoms with E-state index in [9.17, 15) is 5.11 Å². The van der Waals surface area contributed by atoms with Crippen LogP contribution in [0.2, 0.25) is 0 Å². The zero-order valence-corrected chi connectivity index (χ0v) is 13.1. The van der Waals surface area contributed by atoms with Gasteiger partial charge in [-0.2, -0.15) is 0 Å². The molecule has 0 rings (SSSR count). The highest BCUT2D eigenvalue weighted by Crippen LogP contribution is 2.08. The first-order chi connectivity index (χ1) is 8.99. The molecule has 3 atom stereocenters. The van der Waals surface area contributed by atoms with Crippen molar-refractivity contribution in [3.63, 3.8) is 0 Å². The Hall–Kier alpha value is -0.160. The SMILES string of the molecule is CCC(CCO)CNCC(O)COC(C)CC(C)C. The van der Waals surface area contributed by atoms with Gasteiger partial charge in [0.25, 0.3) is 0 Å². The first kappa shape index (κ1) is 18.8. The summed E-state index contributed by atoms with van der Waals surface area (Å²) in [7, 11) is 0. The van der Waals surface area contributed by atoms with Crippen LogP contribution in [0.15, 0.2) is 0 Å². The Morgan fingerprint density at radius 2 is 1.84 bits per heavy atom. The molecule has 0 radical (unpaired) electrons. The van der Waals surface area contributed by atoms with Gasteiger partial charge in [0.2, 0.25) is 0 Å². The first-order valence-corrected chi connectivity index (χ1v) is 7.60. The molecule has 3 unspecified atom stereocenters. The molecule has 0 aromatic rings. The topological polar surface area (TPSA) is 61.7 Å². The molecule has 0 aromatic heterocycles. The van der Waals surface area contributed by atoms with Crippen LogP contribution < -0.4 is 5.32 Å². The molecule has 3 N–H and O–H groups in total. The molecule has 4 nitrogen and oxygen atoms in total. The first-order valence-electron chi connectivity index (χ1n) is 7.60. The van der Waals surface area contributed by atoms with Crippen molar-refractivity contribution in [2.45, 2.75) is 59.2 Å². The molecule has 4 heteroatoms. The third kappa shape index (κ3) is 11.4. The highest BCUT2D eigenvalue weighted by atomic mass is 16.5. The van der Waals surface area contributed by atoms with Crippen molar-refractivity contribution in [2.75, 3.05) is 26.3 Å². The summed E-state index contributed by atoms with van der Waals surface area (Å²) in [4.78, 5) is 0. The minimum Gasteiger partial charge on any atom is -0.396 e. The lowest BCUT2D eigenvalue weighted by Crippen LogP contribution is -2.34. The Morgan fingerprint density at radius 1 is 1.16 bits per heavy atom. The number of aliphatic hydroxyl groups is 2. The predicted molar refractivity (Wildman–Crippen MR) is 79.2 cm³/mol. The molecular formula is C15H33NO3. The van der Waals surface area contributed by atoms with Gasteiger partial charge in [0.1, 0.15) is 0 Å². The van der Waals surface area contributed by atoms with Crippen LogP contribution in [-0.4, -0.2) is 48.7 Å². The van der Waals surface area contributed by atoms with E-state index in [4.69, 9.17) is 9.84 Å². The van der Waals surface area contributed by atoms with Crippen LogP contribution in [0, 0.1) is 11.8 Å². The molecule has 0 aliphatic carbocycles. The summed E-state index contributed by atoms with van der Waals surface area (Å²) in [5.74, 6) is 1.10. The lowest BCUT2D eigenvalue weighted by atomic mass is 10.0. The van der Waals surface area contributed by atoms with Crippen LogP contribution >= 0.6 is 0 Å². The van der Waals surface area contributed by atoms with E-state index in [-0.39, 0.29) is 12.7 Å². The Bertz CT molecular complexity index is 200. The van der Waals surface area contributed by atoms with Crippen molar-refractivity contribution >= 4 is 0 Å². The zero-order valence-electron chi connectivity index (χ0n) is 13.1. The maximum atomic E-state index is 9.81. The third-order valence-corrected chi connectivity index (χ3v) is 3.30. The molecule has 0 saturated carbocycles. The molecule has 0 aromatic carbocycles. The second-order valence-electron chi connectivity index (χ2n) is 5.87. The van der Waals surface area contributed by atoms with Gasteiger partial charge < -0.3 is 20.3 Å². The molecule has 0 fully saturated rings. The minimum absolute atomic E-state index is 0.201. The van der Waals surface area contributed by atoms with Crippen LogP contribution in [0.3, 0.4) is 0 Å². The highest BCUT2D eigenvalue weighted by molar-refractivity contribution is 4.65. The fourth-order valence-corrected chi connectivity index (χ4v) is 2.15. The Morgan fingerprint density at radius 3 is 2.37 bits per heavy atom. The molecule has 116 valence electrons. The summed E-state index contributed by atoms with van der Waals surface area (Å²) in [6.45, 7) is 10.5. The third-order valence-electron chi connectivity index (χ3n) is 3.30. The number of nitrogens with one attached hydrogen (secondary N) is 1. The molecular weight excluding hydrogens is 242 g/mol. The van der Waals surface area contributed by atoms with Crippen LogP contribution in [0.5, 0.6) is 0 Å². The quantitative estimate of drug-likeness (QED) is 0.508. The zero-order chi connectivity index (χ0) is 14.7. The molecule has 0 bridgehead atoms. The normalized spacial score (nSPS) is 16.6. The van der Waals surface area contributed by atoms with Gasteiger partial charge in [0, 0.05) is 13.2 Å². The van der Waals surface area contributed by atoms with Gasteiger partial charge >= 0.3 is 0 Å². The average molecular weight is 275 g/mol. The standard InChI is InChI=1S/C15H33NO3/c1-5-14(6-7-17)9-16-10-15(18)11-19-13(4)8-12(2)3/h12-18H,5-11H2,1-4H3. The maximum Gasteiger partial charge on any atom is 0.0897 e. The van der Waals surface area contributed by atoms with Crippen LogP contribution in [-0.2, 0) is 4.74 Å². The van der Waals surface area contributed by atoms with Crippen molar-refractivity contribution in [3.8, 4) is 0 Å². The summed E-state index contributed by atoms with van der Waals surface area (Å²) < 4.78 is 5.62. The van der Waals surface area contributed by atoms with E-state index in [2.05, 4.69) is 33.0 Å². The second-order valence-corrected chi connectivity index (χ2v) is 5.87. The van der Waals surface area contributed by atoms with Crippen molar-refractivity contribution < 1.29 is 14.9 Å². The lowest BCUT2D eigenvalue weighted by Gasteiger charge is -2.19. The number of aliphatic hydroxyl groups excluding tert-OH is 2. The molecule has 0 spiro atoms. The van der Waals surface area contributed by atoms with Crippen LogP contribution in [0.1, 0.15) is 47.0 Å². The monoisotopic (exact) mass is 275 g/mol. The van der Waals surface area contributed by atoms with Gasteiger partial charge in [0.05, 0.1) is 18.8 Å². The predicted octanol–water partition coefficient (Wildman–Crippen LogP) is 1.80. The van der Waals surface area contributed by atoms with Gasteiger partial charge in [-0.15, -0.1) is 0 Å². The van der Waals surface area contributed by atoms with E-state index in [1.54, 1.807) is 0 Å². The van der Waals surface area contributed by atoms with Crippen molar-refractivity contribution in [1.82, 2.24) is 5.32 Å². The van der Waals surface area contributed by atoms with Gasteiger partial charge in [-0.05, 0) is 38.1 Å². The summed E-state index contributed by atoms with van der Waals surface area (Å²) in [6.07, 6.45) is 2.63. The maximum absolute atomic E-state index is 9.81. The summed E-state index contributed by atoms with van der Waals surface area (Å²) in [6, 6.07) is 0. The molecule has 0 heterocycles. The molecule has 19 heavy (non-hydrogen) atoms. The van der Waals surface area contributed by atoms with Crippen molar-refractivity contribution in [2.24, 2.45) is 11.8 Å². The summed E-state index contributed by atoms with van der Waals surface area (Å²) >= 11 is 0. The molecule has 0 saturated heterocycles. The molecule has 0 aliphatic rings. The van der Waals surface area contributed by atoms with Crippen molar-refractivity contribution in [1.29, 1.82) is 0 Å². The summed E-state index contributed by atoms with van der Waals surface area (Å²) in [5, 5.41) is 22.0. The molecule has 0 aliphatic heterocycles. The second kappa shape index (κ2) is 11.6. The smallest absolute Gasteiger partial charge is 0.0897 e. The van der Waals surface area contributed by atoms with Crippen LogP contribution in [0.25, 0.3) is 0 Å². The molecule has 0 amide bonds. The number of hydrogen-bond donors (Lipinski definition) is 3. The van der Waals surface area contributed by atoms with Gasteiger partial charge in [-0.3, -0.25) is 0 Å². The highest BCUT2D eigenvalue weighted by Gasteiger charge is 2.10. The largest absolute Gasteiger partial charge is 0.396 e. The van der Waals surface area contributed by atoms with Gasteiger partial charge in [0.15, 0.2) is 0 Å². The summed E-state index contributed by atoms with van der Waals surface area (Å²) in [5.41, 5.74) is 0. The van der Waals surface area contributed by atoms with E-state index < -0.39 is 6.10 Å². The van der Waals surface area contributed by atoms with E-state index in [0.29, 0.717) is 25.0 Å². The van der Waals surface area contributed by atoms with Gasteiger partial charge in [-0.25, -0.2) is 0 Å². The van der Waals surface area contributed by atoms with E-state index in [1.165, 1.54) is 0 Å². The Kier molecular flexibility index (Phi) is 11.6. The van der Waals surface area contributed by atoms with E-state index >= 15 is 0 Å². The lowest BCUT2D eigenvalue weighted by molar-refractivity contribution is -0.00875. The number of rotatable bonds is 12. The Balaban J connectivity index is 3.60.